The fourth-order valence-electron chi connectivity index (χ4n) is 3.34. The number of aryl methyl sites for hydroxylation is 1. The molecule has 30 heavy (non-hydrogen) atoms. The van der Waals surface area contributed by atoms with Gasteiger partial charge in [0.2, 0.25) is 6.79 Å². The number of nitrogens with zero attached hydrogens (tertiary/aromatic N) is 3. The Balaban J connectivity index is 1.21. The molecule has 10 heteroatoms. The molecular formula is C20H17N3O6S. The van der Waals surface area contributed by atoms with Gasteiger partial charge in [-0.05, 0) is 25.1 Å². The van der Waals surface area contributed by atoms with Gasteiger partial charge in [-0.3, -0.25) is 14.2 Å². The van der Waals surface area contributed by atoms with E-state index < -0.39 is 5.97 Å². The van der Waals surface area contributed by atoms with Crippen LogP contribution in [0.2, 0.25) is 0 Å². The van der Waals surface area contributed by atoms with Gasteiger partial charge in [0.1, 0.15) is 12.3 Å². The Hall–Kier alpha value is -3.27. The average Bonchev–Trinajstić information content (AvgIpc) is 3.48. The molecule has 0 amide bonds. The highest BCUT2D eigenvalue weighted by atomic mass is 32.2. The third-order valence-electron chi connectivity index (χ3n) is 4.90. The molecule has 2 aliphatic heterocycles. The van der Waals surface area contributed by atoms with E-state index in [9.17, 15) is 9.59 Å². The van der Waals surface area contributed by atoms with Gasteiger partial charge in [-0.15, -0.1) is 0 Å². The SMILES string of the molecule is Cc1cnc2n(c1=O)[C@H](CC(=O)OCc1cc(-c3ccc4c(c3)OCO4)on1)CS2. The predicted molar refractivity (Wildman–Crippen MR) is 105 cm³/mol. The number of benzene rings is 1. The first-order valence-electron chi connectivity index (χ1n) is 9.30. The summed E-state index contributed by atoms with van der Waals surface area (Å²) in [6.45, 7) is 1.89. The van der Waals surface area contributed by atoms with Gasteiger partial charge in [-0.1, -0.05) is 16.9 Å². The van der Waals surface area contributed by atoms with Gasteiger partial charge < -0.3 is 18.7 Å². The van der Waals surface area contributed by atoms with E-state index in [1.165, 1.54) is 11.8 Å². The third-order valence-corrected chi connectivity index (χ3v) is 6.01. The lowest BCUT2D eigenvalue weighted by Gasteiger charge is -2.12. The molecule has 154 valence electrons. The number of thioether (sulfide) groups is 1. The fourth-order valence-corrected chi connectivity index (χ4v) is 4.45. The van der Waals surface area contributed by atoms with Crippen molar-refractivity contribution in [1.29, 1.82) is 0 Å². The molecule has 2 aliphatic rings. The highest BCUT2D eigenvalue weighted by Gasteiger charge is 2.28. The van der Waals surface area contributed by atoms with Crippen LogP contribution < -0.4 is 15.0 Å². The number of carbonyl (C=O) groups is 1. The van der Waals surface area contributed by atoms with Crippen LogP contribution in [0.3, 0.4) is 0 Å². The zero-order chi connectivity index (χ0) is 20.7. The van der Waals surface area contributed by atoms with Gasteiger partial charge in [-0.25, -0.2) is 4.98 Å². The minimum atomic E-state index is -0.408. The largest absolute Gasteiger partial charge is 0.459 e. The monoisotopic (exact) mass is 427 g/mol. The molecule has 0 unspecified atom stereocenters. The standard InChI is InChI=1S/C20H17N3O6S/c1-11-7-21-20-23(19(11)25)14(9-30-20)6-18(24)26-8-13-5-16(29-22-13)12-2-3-15-17(4-12)28-10-27-15/h2-5,7,14H,6,8-10H2,1H3/t14-/m1/s1. The van der Waals surface area contributed by atoms with Crippen LogP contribution in [0.5, 0.6) is 11.5 Å². The maximum Gasteiger partial charge on any atom is 0.308 e. The molecule has 2 aromatic heterocycles. The summed E-state index contributed by atoms with van der Waals surface area (Å²) in [7, 11) is 0. The quantitative estimate of drug-likeness (QED) is 0.449. The minimum absolute atomic E-state index is 0.0133. The average molecular weight is 427 g/mol. The van der Waals surface area contributed by atoms with Crippen molar-refractivity contribution in [3.05, 3.63) is 52.1 Å². The Morgan fingerprint density at radius 1 is 1.30 bits per heavy atom. The van der Waals surface area contributed by atoms with Crippen molar-refractivity contribution in [1.82, 2.24) is 14.7 Å². The maximum absolute atomic E-state index is 12.4. The van der Waals surface area contributed by atoms with E-state index in [1.54, 1.807) is 29.8 Å². The van der Waals surface area contributed by atoms with E-state index in [4.69, 9.17) is 18.7 Å². The Morgan fingerprint density at radius 2 is 2.17 bits per heavy atom. The van der Waals surface area contributed by atoms with Gasteiger partial charge >= 0.3 is 5.97 Å². The summed E-state index contributed by atoms with van der Waals surface area (Å²) in [6.07, 6.45) is 1.65. The molecule has 3 aromatic rings. The summed E-state index contributed by atoms with van der Waals surface area (Å²) >= 11 is 1.46. The fraction of sp³-hybridized carbons (Fsp3) is 0.300. The second-order valence-corrected chi connectivity index (χ2v) is 7.97. The zero-order valence-corrected chi connectivity index (χ0v) is 16.8. The molecule has 5 rings (SSSR count). The van der Waals surface area contributed by atoms with Gasteiger partial charge in [0.05, 0.1) is 12.5 Å². The van der Waals surface area contributed by atoms with Crippen LogP contribution in [-0.4, -0.2) is 33.2 Å². The van der Waals surface area contributed by atoms with Gasteiger partial charge in [0, 0.05) is 29.1 Å². The highest BCUT2D eigenvalue weighted by Crippen LogP contribution is 2.36. The van der Waals surface area contributed by atoms with E-state index in [0.29, 0.717) is 39.4 Å². The van der Waals surface area contributed by atoms with Crippen LogP contribution in [0.15, 0.2) is 44.9 Å². The van der Waals surface area contributed by atoms with Crippen molar-refractivity contribution in [2.45, 2.75) is 31.1 Å². The summed E-state index contributed by atoms with van der Waals surface area (Å²) in [5.41, 5.74) is 1.71. The first-order valence-corrected chi connectivity index (χ1v) is 10.3. The number of esters is 1. The second-order valence-electron chi connectivity index (χ2n) is 6.98. The summed E-state index contributed by atoms with van der Waals surface area (Å²) in [4.78, 5) is 28.9. The Labute approximate surface area is 174 Å². The highest BCUT2D eigenvalue weighted by molar-refractivity contribution is 7.99. The maximum atomic E-state index is 12.4. The molecule has 0 aliphatic carbocycles. The number of hydrogen-bond acceptors (Lipinski definition) is 9. The molecule has 0 radical (unpaired) electrons. The van der Waals surface area contributed by atoms with Gasteiger partial charge in [0.25, 0.3) is 5.56 Å². The van der Waals surface area contributed by atoms with Gasteiger partial charge in [0.15, 0.2) is 22.4 Å². The van der Waals surface area contributed by atoms with Crippen molar-refractivity contribution < 1.29 is 23.5 Å². The predicted octanol–water partition coefficient (Wildman–Crippen LogP) is 2.72. The first kappa shape index (κ1) is 18.7. The smallest absolute Gasteiger partial charge is 0.308 e. The first-order chi connectivity index (χ1) is 14.6. The van der Waals surface area contributed by atoms with Crippen LogP contribution in [0.25, 0.3) is 11.3 Å². The molecule has 4 heterocycles. The lowest BCUT2D eigenvalue weighted by molar-refractivity contribution is -0.145. The minimum Gasteiger partial charge on any atom is -0.459 e. The molecule has 0 spiro atoms. The Morgan fingerprint density at radius 3 is 3.07 bits per heavy atom. The van der Waals surface area contributed by atoms with Crippen molar-refractivity contribution in [3.63, 3.8) is 0 Å². The van der Waals surface area contributed by atoms with Crippen LogP contribution in [0, 0.1) is 6.92 Å². The van der Waals surface area contributed by atoms with Crippen LogP contribution >= 0.6 is 11.8 Å². The van der Waals surface area contributed by atoms with E-state index in [1.807, 2.05) is 12.1 Å². The molecule has 1 atom stereocenters. The summed E-state index contributed by atoms with van der Waals surface area (Å²) < 4.78 is 22.9. The molecule has 0 fully saturated rings. The van der Waals surface area contributed by atoms with E-state index >= 15 is 0 Å². The third kappa shape index (κ3) is 3.43. The van der Waals surface area contributed by atoms with E-state index in [2.05, 4.69) is 10.1 Å². The number of fused-ring (bicyclic) bond motifs is 2. The number of aromatic nitrogens is 3. The zero-order valence-electron chi connectivity index (χ0n) is 16.0. The number of ether oxygens (including phenoxy) is 3. The van der Waals surface area contributed by atoms with Crippen molar-refractivity contribution in [3.8, 4) is 22.8 Å². The molecular weight excluding hydrogens is 410 g/mol. The molecule has 0 saturated carbocycles. The van der Waals surface area contributed by atoms with Crippen molar-refractivity contribution in [2.24, 2.45) is 0 Å². The van der Waals surface area contributed by atoms with E-state index in [-0.39, 0.29) is 31.4 Å². The van der Waals surface area contributed by atoms with Crippen molar-refractivity contribution in [2.75, 3.05) is 12.5 Å². The molecule has 0 N–H and O–H groups in total. The van der Waals surface area contributed by atoms with Crippen LogP contribution in [0.1, 0.15) is 23.7 Å². The van der Waals surface area contributed by atoms with Crippen LogP contribution in [0.4, 0.5) is 0 Å². The Kier molecular flexibility index (Phi) is 4.70. The normalized spacial score (nSPS) is 16.5. The topological polar surface area (TPSA) is 106 Å². The number of carbonyl (C=O) groups excluding carboxylic acids is 1. The molecule has 9 nitrogen and oxygen atoms in total. The molecule has 1 aromatic carbocycles. The van der Waals surface area contributed by atoms with Crippen LogP contribution in [-0.2, 0) is 16.1 Å². The lowest BCUT2D eigenvalue weighted by Crippen LogP contribution is -2.27. The summed E-state index contributed by atoms with van der Waals surface area (Å²) in [5.74, 6) is 2.07. The summed E-state index contributed by atoms with van der Waals surface area (Å²) in [5, 5.41) is 4.59. The molecule has 0 bridgehead atoms. The summed E-state index contributed by atoms with van der Waals surface area (Å²) in [6, 6.07) is 6.90. The molecule has 0 saturated heterocycles. The lowest BCUT2D eigenvalue weighted by atomic mass is 10.1. The number of hydrogen-bond donors (Lipinski definition) is 0. The second kappa shape index (κ2) is 7.52. The van der Waals surface area contributed by atoms with E-state index in [0.717, 1.165) is 5.56 Å². The van der Waals surface area contributed by atoms with Gasteiger partial charge in [-0.2, -0.15) is 0 Å². The Bertz CT molecular complexity index is 1190. The number of rotatable bonds is 5. The van der Waals surface area contributed by atoms with Crippen molar-refractivity contribution >= 4 is 17.7 Å².